The number of halogens is 1. The molecule has 146 valence electrons. The van der Waals surface area contributed by atoms with E-state index in [9.17, 15) is 13.2 Å². The maximum absolute atomic E-state index is 12.9. The van der Waals surface area contributed by atoms with Crippen molar-refractivity contribution in [2.24, 2.45) is 5.92 Å². The number of piperidine rings is 1. The molecule has 6 nitrogen and oxygen atoms in total. The van der Waals surface area contributed by atoms with Crippen molar-refractivity contribution in [1.29, 1.82) is 0 Å². The second kappa shape index (κ2) is 7.90. The predicted molar refractivity (Wildman–Crippen MR) is 114 cm³/mol. The van der Waals surface area contributed by atoms with Gasteiger partial charge >= 0.3 is 0 Å². The second-order valence-corrected chi connectivity index (χ2v) is 10.4. The summed E-state index contributed by atoms with van der Waals surface area (Å²) in [4.78, 5) is 13.0. The first kappa shape index (κ1) is 19.5. The van der Waals surface area contributed by atoms with Gasteiger partial charge in [0.1, 0.15) is 0 Å². The van der Waals surface area contributed by atoms with Crippen LogP contribution in [0.5, 0.6) is 0 Å². The van der Waals surface area contributed by atoms with Crippen LogP contribution in [0.15, 0.2) is 58.0 Å². The summed E-state index contributed by atoms with van der Waals surface area (Å²) in [6.07, 6.45) is 3.09. The van der Waals surface area contributed by atoms with Crippen molar-refractivity contribution in [3.8, 4) is 0 Å². The topological polar surface area (TPSA) is 79.4 Å². The number of benzene rings is 2. The van der Waals surface area contributed by atoms with Gasteiger partial charge in [-0.05, 0) is 66.8 Å². The number of aromatic nitrogens is 1. The molecule has 0 spiro atoms. The Labute approximate surface area is 175 Å². The van der Waals surface area contributed by atoms with E-state index in [1.165, 1.54) is 15.8 Å². The van der Waals surface area contributed by atoms with Crippen LogP contribution in [0, 0.1) is 5.92 Å². The molecule has 1 fully saturated rings. The van der Waals surface area contributed by atoms with Crippen molar-refractivity contribution in [1.82, 2.24) is 8.68 Å². The molecule has 1 aliphatic rings. The van der Waals surface area contributed by atoms with Gasteiger partial charge < -0.3 is 5.32 Å². The van der Waals surface area contributed by atoms with Gasteiger partial charge in [0.15, 0.2) is 0 Å². The zero-order chi connectivity index (χ0) is 19.7. The van der Waals surface area contributed by atoms with E-state index in [0.717, 1.165) is 14.6 Å². The van der Waals surface area contributed by atoms with Crippen LogP contribution in [0.25, 0.3) is 10.1 Å². The molecular formula is C19H18BrN3O3S2. The van der Waals surface area contributed by atoms with E-state index in [-0.39, 0.29) is 23.3 Å². The Morgan fingerprint density at radius 3 is 2.79 bits per heavy atom. The Morgan fingerprint density at radius 1 is 1.21 bits per heavy atom. The Balaban J connectivity index is 1.48. The van der Waals surface area contributed by atoms with E-state index in [0.29, 0.717) is 25.1 Å². The fourth-order valence-electron chi connectivity index (χ4n) is 3.32. The summed E-state index contributed by atoms with van der Waals surface area (Å²) in [5.41, 5.74) is 0.700. The molecule has 4 rings (SSSR count). The lowest BCUT2D eigenvalue weighted by Crippen LogP contribution is -2.43. The number of rotatable bonds is 4. The van der Waals surface area contributed by atoms with Crippen molar-refractivity contribution in [2.45, 2.75) is 17.7 Å². The maximum atomic E-state index is 12.9. The number of hydrogen-bond acceptors (Lipinski definition) is 5. The van der Waals surface area contributed by atoms with Crippen molar-refractivity contribution < 1.29 is 13.2 Å². The molecule has 9 heteroatoms. The zero-order valence-electron chi connectivity index (χ0n) is 14.8. The summed E-state index contributed by atoms with van der Waals surface area (Å²) in [6, 6.07) is 12.2. The van der Waals surface area contributed by atoms with Gasteiger partial charge in [0, 0.05) is 34.8 Å². The van der Waals surface area contributed by atoms with Crippen LogP contribution < -0.4 is 5.32 Å². The first-order valence-electron chi connectivity index (χ1n) is 8.84. The molecule has 0 radical (unpaired) electrons. The third-order valence-corrected chi connectivity index (χ3v) is 8.01. The van der Waals surface area contributed by atoms with Gasteiger partial charge in [-0.3, -0.25) is 4.79 Å². The Morgan fingerprint density at radius 2 is 2.00 bits per heavy atom. The number of nitrogens with one attached hydrogen (secondary N) is 1. The highest BCUT2D eigenvalue weighted by Gasteiger charge is 2.33. The van der Waals surface area contributed by atoms with Crippen LogP contribution in [0.3, 0.4) is 0 Å². The van der Waals surface area contributed by atoms with Crippen LogP contribution in [0.2, 0.25) is 0 Å². The highest BCUT2D eigenvalue weighted by atomic mass is 79.9. The van der Waals surface area contributed by atoms with E-state index < -0.39 is 10.0 Å². The molecule has 28 heavy (non-hydrogen) atoms. The number of fused-ring (bicyclic) bond motifs is 1. The fourth-order valence-corrected chi connectivity index (χ4v) is 5.74. The molecule has 1 aliphatic heterocycles. The quantitative estimate of drug-likeness (QED) is 0.610. The summed E-state index contributed by atoms with van der Waals surface area (Å²) < 4.78 is 33.3. The van der Waals surface area contributed by atoms with Crippen LogP contribution in [0.4, 0.5) is 5.69 Å². The van der Waals surface area contributed by atoms with E-state index in [1.54, 1.807) is 30.5 Å². The third-order valence-electron chi connectivity index (χ3n) is 4.83. The van der Waals surface area contributed by atoms with Crippen LogP contribution >= 0.6 is 27.5 Å². The molecule has 2 aromatic carbocycles. The minimum absolute atomic E-state index is 0.154. The second-order valence-electron chi connectivity index (χ2n) is 6.72. The van der Waals surface area contributed by atoms with Crippen molar-refractivity contribution >= 4 is 59.2 Å². The largest absolute Gasteiger partial charge is 0.326 e. The highest BCUT2D eigenvalue weighted by Crippen LogP contribution is 2.27. The highest BCUT2D eigenvalue weighted by molar-refractivity contribution is 9.10. The lowest BCUT2D eigenvalue weighted by Gasteiger charge is -2.31. The molecule has 1 aromatic heterocycles. The van der Waals surface area contributed by atoms with Crippen molar-refractivity contribution in [3.63, 3.8) is 0 Å². The first-order valence-corrected chi connectivity index (χ1v) is 11.9. The molecule has 0 saturated carbocycles. The first-order chi connectivity index (χ1) is 13.4. The number of carbonyl (C=O) groups is 1. The maximum Gasteiger partial charge on any atom is 0.243 e. The molecule has 3 aromatic rings. The standard InChI is InChI=1S/C19H18BrN3O3S2/c20-15-3-6-17(7-4-15)28(25,26)23-9-1-2-13(12-23)19(24)22-16-5-8-18-14(10-16)11-21-27-18/h3-8,10-11,13H,1-2,9,12H2,(H,22,24). The molecule has 2 heterocycles. The number of hydrogen-bond donors (Lipinski definition) is 1. The minimum Gasteiger partial charge on any atom is -0.326 e. The summed E-state index contributed by atoms with van der Waals surface area (Å²) in [6.45, 7) is 0.612. The number of sulfonamides is 1. The average molecular weight is 480 g/mol. The summed E-state index contributed by atoms with van der Waals surface area (Å²) in [5.74, 6) is -0.534. The lowest BCUT2D eigenvalue weighted by molar-refractivity contribution is -0.120. The van der Waals surface area contributed by atoms with Crippen LogP contribution in [-0.2, 0) is 14.8 Å². The van der Waals surface area contributed by atoms with Crippen LogP contribution in [0.1, 0.15) is 12.8 Å². The SMILES string of the molecule is O=C(Nc1ccc2sncc2c1)C1CCCN(S(=O)(=O)c2ccc(Br)cc2)C1. The Kier molecular flexibility index (Phi) is 5.50. The van der Waals surface area contributed by atoms with Gasteiger partial charge in [0.05, 0.1) is 15.5 Å². The van der Waals surface area contributed by atoms with Crippen molar-refractivity contribution in [3.05, 3.63) is 53.1 Å². The monoisotopic (exact) mass is 479 g/mol. The van der Waals surface area contributed by atoms with Gasteiger partial charge in [-0.15, -0.1) is 0 Å². The minimum atomic E-state index is -3.61. The van der Waals surface area contributed by atoms with E-state index >= 15 is 0 Å². The smallest absolute Gasteiger partial charge is 0.243 e. The lowest BCUT2D eigenvalue weighted by atomic mass is 9.98. The molecule has 1 unspecified atom stereocenters. The van der Waals surface area contributed by atoms with E-state index in [2.05, 4.69) is 25.6 Å². The molecular weight excluding hydrogens is 462 g/mol. The Hall–Kier alpha value is -1.81. The van der Waals surface area contributed by atoms with E-state index in [4.69, 9.17) is 0 Å². The number of nitrogens with zero attached hydrogens (tertiary/aromatic N) is 2. The van der Waals surface area contributed by atoms with E-state index in [1.807, 2.05) is 18.2 Å². The fraction of sp³-hybridized carbons (Fsp3) is 0.263. The summed E-state index contributed by atoms with van der Waals surface area (Å²) >= 11 is 4.72. The zero-order valence-corrected chi connectivity index (χ0v) is 18.1. The Bertz CT molecular complexity index is 1110. The molecule has 1 saturated heterocycles. The molecule has 1 amide bonds. The molecule has 1 atom stereocenters. The van der Waals surface area contributed by atoms with Crippen molar-refractivity contribution in [2.75, 3.05) is 18.4 Å². The van der Waals surface area contributed by atoms with Crippen LogP contribution in [-0.4, -0.2) is 36.1 Å². The number of anilines is 1. The van der Waals surface area contributed by atoms with Gasteiger partial charge in [-0.2, -0.15) is 8.68 Å². The number of carbonyl (C=O) groups excluding carboxylic acids is 1. The summed E-state index contributed by atoms with van der Waals surface area (Å²) in [5, 5.41) is 3.90. The third kappa shape index (κ3) is 3.98. The predicted octanol–water partition coefficient (Wildman–Crippen LogP) is 4.10. The molecule has 0 bridgehead atoms. The molecule has 0 aliphatic carbocycles. The normalized spacial score (nSPS) is 18.2. The summed E-state index contributed by atoms with van der Waals surface area (Å²) in [7, 11) is -3.61. The van der Waals surface area contributed by atoms with Gasteiger partial charge in [0.25, 0.3) is 0 Å². The van der Waals surface area contributed by atoms with Gasteiger partial charge in [-0.25, -0.2) is 8.42 Å². The van der Waals surface area contributed by atoms with Gasteiger partial charge in [-0.1, -0.05) is 15.9 Å². The molecule has 1 N–H and O–H groups in total. The average Bonchev–Trinajstić information content (AvgIpc) is 3.16. The number of amides is 1. The van der Waals surface area contributed by atoms with Gasteiger partial charge in [0.2, 0.25) is 15.9 Å².